The third-order valence-corrected chi connectivity index (χ3v) is 3.95. The summed E-state index contributed by atoms with van der Waals surface area (Å²) in [5.74, 6) is 0.566. The summed E-state index contributed by atoms with van der Waals surface area (Å²) in [7, 11) is 1.61. The van der Waals surface area contributed by atoms with Gasteiger partial charge < -0.3 is 19.7 Å². The van der Waals surface area contributed by atoms with Gasteiger partial charge in [-0.2, -0.15) is 0 Å². The average molecular weight is 350 g/mol. The molecule has 0 aliphatic carbocycles. The summed E-state index contributed by atoms with van der Waals surface area (Å²) in [6.07, 6.45) is 1.12. The van der Waals surface area contributed by atoms with Crippen molar-refractivity contribution in [3.8, 4) is 5.75 Å². The molecule has 25 heavy (non-hydrogen) atoms. The Balaban J connectivity index is 2.66. The molecule has 0 aliphatic rings. The molecular formula is C19H30N2O4. The van der Waals surface area contributed by atoms with Gasteiger partial charge in [-0.3, -0.25) is 9.59 Å². The van der Waals surface area contributed by atoms with E-state index in [4.69, 9.17) is 9.47 Å². The van der Waals surface area contributed by atoms with Crippen molar-refractivity contribution in [3.63, 3.8) is 0 Å². The van der Waals surface area contributed by atoms with E-state index in [1.54, 1.807) is 25.9 Å². The molecule has 1 aromatic carbocycles. The Morgan fingerprint density at radius 2 is 1.88 bits per heavy atom. The summed E-state index contributed by atoms with van der Waals surface area (Å²) >= 11 is 0. The second-order valence-corrected chi connectivity index (χ2v) is 5.74. The summed E-state index contributed by atoms with van der Waals surface area (Å²) in [5, 5.41) is 2.87. The summed E-state index contributed by atoms with van der Waals surface area (Å²) in [6.45, 7) is 7.72. The molecule has 2 amide bonds. The smallest absolute Gasteiger partial charge is 0.242 e. The lowest BCUT2D eigenvalue weighted by Gasteiger charge is -2.28. The van der Waals surface area contributed by atoms with Gasteiger partial charge in [-0.25, -0.2) is 0 Å². The SMILES string of the molecule is CCOCCCNC(=O)[C@H](C)N(Cc1ccc(OC)cc1)C(=O)CC. The Labute approximate surface area is 150 Å². The molecule has 0 saturated carbocycles. The number of methoxy groups -OCH3 is 1. The van der Waals surface area contributed by atoms with Crippen molar-refractivity contribution in [1.82, 2.24) is 10.2 Å². The molecule has 6 heteroatoms. The Kier molecular flexibility index (Phi) is 9.62. The normalized spacial score (nSPS) is 11.7. The average Bonchev–Trinajstić information content (AvgIpc) is 2.65. The maximum absolute atomic E-state index is 12.4. The molecule has 6 nitrogen and oxygen atoms in total. The quantitative estimate of drug-likeness (QED) is 0.622. The highest BCUT2D eigenvalue weighted by atomic mass is 16.5. The number of carbonyl (C=O) groups is 2. The van der Waals surface area contributed by atoms with E-state index in [-0.39, 0.29) is 11.8 Å². The minimum absolute atomic E-state index is 0.0483. The molecule has 0 heterocycles. The fourth-order valence-electron chi connectivity index (χ4n) is 2.39. The molecule has 0 bridgehead atoms. The van der Waals surface area contributed by atoms with E-state index in [1.807, 2.05) is 31.2 Å². The minimum Gasteiger partial charge on any atom is -0.497 e. The molecule has 1 atom stereocenters. The highest BCUT2D eigenvalue weighted by Gasteiger charge is 2.24. The lowest BCUT2D eigenvalue weighted by atomic mass is 10.1. The standard InChI is InChI=1S/C19H30N2O4/c1-5-18(22)21(14-16-8-10-17(24-4)11-9-16)15(3)19(23)20-12-7-13-25-6-2/h8-11,15H,5-7,12-14H2,1-4H3,(H,20,23)/t15-/m0/s1. The molecule has 1 aromatic rings. The molecule has 1 N–H and O–H groups in total. The number of nitrogens with one attached hydrogen (secondary N) is 1. The number of rotatable bonds is 11. The highest BCUT2D eigenvalue weighted by molar-refractivity contribution is 5.87. The lowest BCUT2D eigenvalue weighted by molar-refractivity contribution is -0.140. The van der Waals surface area contributed by atoms with Crippen LogP contribution >= 0.6 is 0 Å². The van der Waals surface area contributed by atoms with E-state index in [0.29, 0.717) is 32.7 Å². The van der Waals surface area contributed by atoms with Crippen LogP contribution in [-0.2, 0) is 20.9 Å². The van der Waals surface area contributed by atoms with Crippen LogP contribution in [0, 0.1) is 0 Å². The second kappa shape index (κ2) is 11.5. The third kappa shape index (κ3) is 7.13. The zero-order valence-corrected chi connectivity index (χ0v) is 15.7. The van der Waals surface area contributed by atoms with E-state index in [9.17, 15) is 9.59 Å². The number of hydrogen-bond acceptors (Lipinski definition) is 4. The van der Waals surface area contributed by atoms with Crippen molar-refractivity contribution in [2.24, 2.45) is 0 Å². The Bertz CT molecular complexity index is 531. The zero-order chi connectivity index (χ0) is 18.7. The molecule has 140 valence electrons. The maximum atomic E-state index is 12.4. The van der Waals surface area contributed by atoms with Gasteiger partial charge in [-0.15, -0.1) is 0 Å². The monoisotopic (exact) mass is 350 g/mol. The number of hydrogen-bond donors (Lipinski definition) is 1. The minimum atomic E-state index is -0.526. The van der Waals surface area contributed by atoms with Crippen LogP contribution in [0.25, 0.3) is 0 Å². The fraction of sp³-hybridized carbons (Fsp3) is 0.579. The van der Waals surface area contributed by atoms with Crippen molar-refractivity contribution >= 4 is 11.8 Å². The Morgan fingerprint density at radius 3 is 2.44 bits per heavy atom. The predicted molar refractivity (Wildman–Crippen MR) is 97.4 cm³/mol. The van der Waals surface area contributed by atoms with Gasteiger partial charge in [0.2, 0.25) is 11.8 Å². The Hall–Kier alpha value is -2.08. The van der Waals surface area contributed by atoms with Crippen LogP contribution < -0.4 is 10.1 Å². The highest BCUT2D eigenvalue weighted by Crippen LogP contribution is 2.15. The number of benzene rings is 1. The number of nitrogens with zero attached hydrogens (tertiary/aromatic N) is 1. The molecule has 0 saturated heterocycles. The molecule has 1 rings (SSSR count). The van der Waals surface area contributed by atoms with Gasteiger partial charge in [0.1, 0.15) is 11.8 Å². The maximum Gasteiger partial charge on any atom is 0.242 e. The van der Waals surface area contributed by atoms with Crippen molar-refractivity contribution in [3.05, 3.63) is 29.8 Å². The summed E-state index contributed by atoms with van der Waals surface area (Å²) in [4.78, 5) is 26.3. The van der Waals surface area contributed by atoms with Crippen LogP contribution in [0.15, 0.2) is 24.3 Å². The second-order valence-electron chi connectivity index (χ2n) is 5.74. The van der Waals surface area contributed by atoms with Crippen LogP contribution in [-0.4, -0.2) is 49.6 Å². The van der Waals surface area contributed by atoms with Gasteiger partial charge in [0.25, 0.3) is 0 Å². The number of carbonyl (C=O) groups excluding carboxylic acids is 2. The molecule has 0 spiro atoms. The topological polar surface area (TPSA) is 67.9 Å². The molecule has 0 radical (unpaired) electrons. The van der Waals surface area contributed by atoms with E-state index in [2.05, 4.69) is 5.32 Å². The van der Waals surface area contributed by atoms with Gasteiger partial charge in [0, 0.05) is 32.7 Å². The summed E-state index contributed by atoms with van der Waals surface area (Å²) in [5.41, 5.74) is 0.957. The molecule has 0 aromatic heterocycles. The lowest BCUT2D eigenvalue weighted by Crippen LogP contribution is -2.47. The van der Waals surface area contributed by atoms with Gasteiger partial charge in [-0.1, -0.05) is 19.1 Å². The van der Waals surface area contributed by atoms with Crippen molar-refractivity contribution in [2.45, 2.75) is 46.2 Å². The van der Waals surface area contributed by atoms with E-state index < -0.39 is 6.04 Å². The van der Waals surface area contributed by atoms with Crippen LogP contribution in [0.5, 0.6) is 5.75 Å². The van der Waals surface area contributed by atoms with Crippen molar-refractivity contribution in [1.29, 1.82) is 0 Å². The first-order chi connectivity index (χ1) is 12.0. The first-order valence-electron chi connectivity index (χ1n) is 8.81. The predicted octanol–water partition coefficient (Wildman–Crippen LogP) is 2.37. The summed E-state index contributed by atoms with van der Waals surface area (Å²) in [6, 6.07) is 6.98. The molecular weight excluding hydrogens is 320 g/mol. The van der Waals surface area contributed by atoms with Gasteiger partial charge in [0.05, 0.1) is 7.11 Å². The van der Waals surface area contributed by atoms with Gasteiger partial charge in [-0.05, 0) is 38.0 Å². The molecule has 0 unspecified atom stereocenters. The van der Waals surface area contributed by atoms with Gasteiger partial charge in [0.15, 0.2) is 0 Å². The number of amides is 2. The third-order valence-electron chi connectivity index (χ3n) is 3.95. The fourth-order valence-corrected chi connectivity index (χ4v) is 2.39. The van der Waals surface area contributed by atoms with Crippen molar-refractivity contribution in [2.75, 3.05) is 26.9 Å². The van der Waals surface area contributed by atoms with Gasteiger partial charge >= 0.3 is 0 Å². The Morgan fingerprint density at radius 1 is 1.20 bits per heavy atom. The number of ether oxygens (including phenoxy) is 2. The zero-order valence-electron chi connectivity index (χ0n) is 15.7. The van der Waals surface area contributed by atoms with Crippen molar-refractivity contribution < 1.29 is 19.1 Å². The van der Waals surface area contributed by atoms with Crippen LogP contribution in [0.1, 0.15) is 39.2 Å². The van der Waals surface area contributed by atoms with Crippen LogP contribution in [0.2, 0.25) is 0 Å². The molecule has 0 fully saturated rings. The van der Waals surface area contributed by atoms with E-state index in [1.165, 1.54) is 0 Å². The first-order valence-corrected chi connectivity index (χ1v) is 8.81. The van der Waals surface area contributed by atoms with E-state index in [0.717, 1.165) is 17.7 Å². The largest absolute Gasteiger partial charge is 0.497 e. The van der Waals surface area contributed by atoms with E-state index >= 15 is 0 Å². The summed E-state index contributed by atoms with van der Waals surface area (Å²) < 4.78 is 10.4. The van der Waals surface area contributed by atoms with Crippen LogP contribution in [0.4, 0.5) is 0 Å². The molecule has 0 aliphatic heterocycles. The van der Waals surface area contributed by atoms with Crippen LogP contribution in [0.3, 0.4) is 0 Å². The first kappa shape index (κ1) is 21.0.